The van der Waals surface area contributed by atoms with E-state index in [2.05, 4.69) is 24.5 Å². The van der Waals surface area contributed by atoms with Gasteiger partial charge in [-0.1, -0.05) is 13.8 Å². The Morgan fingerprint density at radius 2 is 2.29 bits per heavy atom. The number of aliphatic hydroxyl groups is 1. The van der Waals surface area contributed by atoms with Crippen LogP contribution in [-0.4, -0.2) is 36.4 Å². The highest BCUT2D eigenvalue weighted by Crippen LogP contribution is 2.15. The Morgan fingerprint density at radius 3 is 2.79 bits per heavy atom. The third kappa shape index (κ3) is 4.40. The van der Waals surface area contributed by atoms with Crippen LogP contribution in [0.5, 0.6) is 0 Å². The summed E-state index contributed by atoms with van der Waals surface area (Å²) in [4.78, 5) is 0. The molecule has 0 aromatic rings. The molecule has 84 valence electrons. The van der Waals surface area contributed by atoms with Gasteiger partial charge in [0.1, 0.15) is 0 Å². The Morgan fingerprint density at radius 1 is 1.57 bits per heavy atom. The van der Waals surface area contributed by atoms with Gasteiger partial charge in [0.25, 0.3) is 0 Å². The van der Waals surface area contributed by atoms with Crippen LogP contribution < -0.4 is 10.6 Å². The fraction of sp³-hybridized carbons (Fsp3) is 1.00. The summed E-state index contributed by atoms with van der Waals surface area (Å²) >= 11 is 0. The molecule has 0 saturated carbocycles. The van der Waals surface area contributed by atoms with Crippen molar-refractivity contribution >= 4 is 0 Å². The lowest BCUT2D eigenvalue weighted by Gasteiger charge is -2.27. The molecule has 0 spiro atoms. The van der Waals surface area contributed by atoms with E-state index in [0.717, 1.165) is 19.5 Å². The van der Waals surface area contributed by atoms with Crippen molar-refractivity contribution in [3.05, 3.63) is 0 Å². The fourth-order valence-electron chi connectivity index (χ4n) is 2.14. The first-order chi connectivity index (χ1) is 6.49. The zero-order chi connectivity index (χ0) is 10.6. The summed E-state index contributed by atoms with van der Waals surface area (Å²) < 4.78 is 0. The van der Waals surface area contributed by atoms with Crippen molar-refractivity contribution in [2.45, 2.75) is 45.3 Å². The number of hydrogen-bond acceptors (Lipinski definition) is 3. The average molecular weight is 200 g/mol. The van der Waals surface area contributed by atoms with Crippen molar-refractivity contribution in [1.82, 2.24) is 10.6 Å². The van der Waals surface area contributed by atoms with E-state index in [0.29, 0.717) is 18.5 Å². The van der Waals surface area contributed by atoms with Gasteiger partial charge in [0.2, 0.25) is 0 Å². The molecule has 1 aliphatic rings. The molecular formula is C11H24N2O. The standard InChI is InChI=1S/C11H24N2O/c1-9(2)6-11(3,14)8-13-10-4-5-12-7-10/h9-10,12-14H,4-8H2,1-3H3. The summed E-state index contributed by atoms with van der Waals surface area (Å²) in [6.45, 7) is 9.05. The van der Waals surface area contributed by atoms with Crippen LogP contribution in [0.3, 0.4) is 0 Å². The van der Waals surface area contributed by atoms with E-state index in [9.17, 15) is 5.11 Å². The molecule has 1 saturated heterocycles. The van der Waals surface area contributed by atoms with Gasteiger partial charge in [0.05, 0.1) is 5.60 Å². The van der Waals surface area contributed by atoms with Gasteiger partial charge in [0, 0.05) is 19.1 Å². The minimum absolute atomic E-state index is 0.550. The largest absolute Gasteiger partial charge is 0.389 e. The SMILES string of the molecule is CC(C)CC(C)(O)CNC1CCNC1. The van der Waals surface area contributed by atoms with E-state index in [-0.39, 0.29) is 0 Å². The zero-order valence-electron chi connectivity index (χ0n) is 9.64. The van der Waals surface area contributed by atoms with Crippen molar-refractivity contribution in [3.63, 3.8) is 0 Å². The summed E-state index contributed by atoms with van der Waals surface area (Å²) in [6, 6.07) is 0.550. The second-order valence-corrected chi connectivity index (χ2v) is 5.17. The van der Waals surface area contributed by atoms with Crippen LogP contribution in [0.1, 0.15) is 33.6 Å². The third-order valence-corrected chi connectivity index (χ3v) is 2.68. The molecule has 0 radical (unpaired) electrons. The quantitative estimate of drug-likeness (QED) is 0.613. The first-order valence-corrected chi connectivity index (χ1v) is 5.66. The van der Waals surface area contributed by atoms with Gasteiger partial charge in [-0.3, -0.25) is 0 Å². The summed E-state index contributed by atoms with van der Waals surface area (Å²) in [5.74, 6) is 0.550. The van der Waals surface area contributed by atoms with E-state index in [1.807, 2.05) is 6.92 Å². The Bertz CT molecular complexity index is 163. The number of rotatable bonds is 5. The van der Waals surface area contributed by atoms with Crippen LogP contribution in [0.4, 0.5) is 0 Å². The van der Waals surface area contributed by atoms with E-state index in [1.54, 1.807) is 0 Å². The zero-order valence-corrected chi connectivity index (χ0v) is 9.64. The Labute approximate surface area is 87.3 Å². The maximum atomic E-state index is 10.1. The van der Waals surface area contributed by atoms with Gasteiger partial charge < -0.3 is 15.7 Å². The van der Waals surface area contributed by atoms with Crippen LogP contribution in [0, 0.1) is 5.92 Å². The van der Waals surface area contributed by atoms with Gasteiger partial charge in [0.15, 0.2) is 0 Å². The highest BCUT2D eigenvalue weighted by molar-refractivity contribution is 4.83. The van der Waals surface area contributed by atoms with Crippen molar-refractivity contribution in [1.29, 1.82) is 0 Å². The molecule has 0 bridgehead atoms. The molecule has 0 aromatic carbocycles. The van der Waals surface area contributed by atoms with Gasteiger partial charge in [-0.25, -0.2) is 0 Å². The van der Waals surface area contributed by atoms with Crippen LogP contribution in [0.25, 0.3) is 0 Å². The summed E-state index contributed by atoms with van der Waals surface area (Å²) in [5, 5.41) is 16.8. The van der Waals surface area contributed by atoms with Crippen molar-refractivity contribution in [2.75, 3.05) is 19.6 Å². The molecule has 2 atom stereocenters. The molecule has 1 fully saturated rings. The van der Waals surface area contributed by atoms with Crippen molar-refractivity contribution in [3.8, 4) is 0 Å². The topological polar surface area (TPSA) is 44.3 Å². The first-order valence-electron chi connectivity index (χ1n) is 5.66. The lowest BCUT2D eigenvalue weighted by molar-refractivity contribution is 0.0364. The Hall–Kier alpha value is -0.120. The fourth-order valence-corrected chi connectivity index (χ4v) is 2.14. The summed E-state index contributed by atoms with van der Waals surface area (Å²) in [6.07, 6.45) is 2.04. The molecule has 1 heterocycles. The van der Waals surface area contributed by atoms with Crippen molar-refractivity contribution < 1.29 is 5.11 Å². The van der Waals surface area contributed by atoms with Crippen LogP contribution in [0.15, 0.2) is 0 Å². The van der Waals surface area contributed by atoms with Crippen LogP contribution in [0.2, 0.25) is 0 Å². The van der Waals surface area contributed by atoms with Gasteiger partial charge in [-0.15, -0.1) is 0 Å². The molecule has 3 N–H and O–H groups in total. The minimum atomic E-state index is -0.559. The molecule has 1 aliphatic heterocycles. The Balaban J connectivity index is 2.20. The maximum Gasteiger partial charge on any atom is 0.0746 e. The number of nitrogens with one attached hydrogen (secondary N) is 2. The van der Waals surface area contributed by atoms with Gasteiger partial charge >= 0.3 is 0 Å². The van der Waals surface area contributed by atoms with Crippen LogP contribution in [-0.2, 0) is 0 Å². The molecule has 0 amide bonds. The smallest absolute Gasteiger partial charge is 0.0746 e. The highest BCUT2D eigenvalue weighted by Gasteiger charge is 2.23. The molecule has 1 rings (SSSR count). The van der Waals surface area contributed by atoms with Crippen molar-refractivity contribution in [2.24, 2.45) is 5.92 Å². The van der Waals surface area contributed by atoms with E-state index in [1.165, 1.54) is 6.42 Å². The third-order valence-electron chi connectivity index (χ3n) is 2.68. The summed E-state index contributed by atoms with van der Waals surface area (Å²) in [7, 11) is 0. The molecule has 14 heavy (non-hydrogen) atoms. The lowest BCUT2D eigenvalue weighted by Crippen LogP contribution is -2.44. The molecule has 0 aliphatic carbocycles. The molecular weight excluding hydrogens is 176 g/mol. The second kappa shape index (κ2) is 5.10. The predicted octanol–water partition coefficient (Wildman–Crippen LogP) is 0.735. The Kier molecular flexibility index (Phi) is 4.35. The average Bonchev–Trinajstić information content (AvgIpc) is 2.50. The van der Waals surface area contributed by atoms with Gasteiger partial charge in [-0.2, -0.15) is 0 Å². The first kappa shape index (κ1) is 12.0. The van der Waals surface area contributed by atoms with E-state index >= 15 is 0 Å². The maximum absolute atomic E-state index is 10.1. The van der Waals surface area contributed by atoms with E-state index < -0.39 is 5.60 Å². The van der Waals surface area contributed by atoms with Crippen LogP contribution >= 0.6 is 0 Å². The van der Waals surface area contributed by atoms with E-state index in [4.69, 9.17) is 0 Å². The normalized spacial score (nSPS) is 26.8. The molecule has 3 nitrogen and oxygen atoms in total. The predicted molar refractivity (Wildman–Crippen MR) is 59.4 cm³/mol. The lowest BCUT2D eigenvalue weighted by atomic mass is 9.94. The molecule has 0 aromatic heterocycles. The highest BCUT2D eigenvalue weighted by atomic mass is 16.3. The van der Waals surface area contributed by atoms with Gasteiger partial charge in [-0.05, 0) is 32.2 Å². The summed E-state index contributed by atoms with van der Waals surface area (Å²) in [5.41, 5.74) is -0.559. The minimum Gasteiger partial charge on any atom is -0.389 e. The monoisotopic (exact) mass is 200 g/mol. The molecule has 2 unspecified atom stereocenters. The number of hydrogen-bond donors (Lipinski definition) is 3. The second-order valence-electron chi connectivity index (χ2n) is 5.17. The molecule has 3 heteroatoms.